The highest BCUT2D eigenvalue weighted by Gasteiger charge is 2.39. The molecule has 4 nitrogen and oxygen atoms in total. The molecular weight excluding hydrogens is 236 g/mol. The van der Waals surface area contributed by atoms with Crippen LogP contribution in [0.15, 0.2) is 6.07 Å². The summed E-state index contributed by atoms with van der Waals surface area (Å²) in [6.07, 6.45) is 7.17. The number of hydrogen-bond acceptors (Lipinski definition) is 4. The molecule has 2 saturated heterocycles. The first kappa shape index (κ1) is 12.9. The molecule has 3 rings (SSSR count). The van der Waals surface area contributed by atoms with Crippen LogP contribution in [-0.4, -0.2) is 34.0 Å². The topological polar surface area (TPSA) is 55.0 Å². The zero-order valence-electron chi connectivity index (χ0n) is 12.0. The van der Waals surface area contributed by atoms with Gasteiger partial charge in [0.05, 0.1) is 0 Å². The lowest BCUT2D eigenvalue weighted by atomic mass is 9.90. The summed E-state index contributed by atoms with van der Waals surface area (Å²) in [7, 11) is 2.27. The number of nitrogens with two attached hydrogens (primary N) is 1. The van der Waals surface area contributed by atoms with Crippen molar-refractivity contribution in [3.8, 4) is 0 Å². The molecule has 2 unspecified atom stereocenters. The van der Waals surface area contributed by atoms with E-state index in [-0.39, 0.29) is 0 Å². The number of fused-ring (bicyclic) bond motifs is 2. The SMILES string of the molecule is CCCc1cc(N)nc(C2CC3CCC(C2)N3C)n1. The lowest BCUT2D eigenvalue weighted by molar-refractivity contribution is 0.159. The number of hydrogen-bond donors (Lipinski definition) is 1. The van der Waals surface area contributed by atoms with Gasteiger partial charge in [-0.1, -0.05) is 13.3 Å². The van der Waals surface area contributed by atoms with Gasteiger partial charge in [0, 0.05) is 29.8 Å². The van der Waals surface area contributed by atoms with E-state index in [0.717, 1.165) is 36.4 Å². The highest BCUT2D eigenvalue weighted by atomic mass is 15.2. The van der Waals surface area contributed by atoms with E-state index in [0.29, 0.717) is 11.7 Å². The quantitative estimate of drug-likeness (QED) is 0.906. The Bertz CT molecular complexity index is 445. The van der Waals surface area contributed by atoms with E-state index in [2.05, 4.69) is 23.9 Å². The number of aryl methyl sites for hydroxylation is 1. The van der Waals surface area contributed by atoms with Gasteiger partial charge in [-0.25, -0.2) is 9.97 Å². The number of rotatable bonds is 3. The molecular formula is C15H24N4. The molecule has 0 aromatic carbocycles. The second-order valence-corrected chi connectivity index (χ2v) is 6.11. The van der Waals surface area contributed by atoms with Crippen LogP contribution in [0.5, 0.6) is 0 Å². The maximum atomic E-state index is 5.95. The smallest absolute Gasteiger partial charge is 0.134 e. The lowest BCUT2D eigenvalue weighted by Gasteiger charge is -2.35. The Balaban J connectivity index is 1.82. The van der Waals surface area contributed by atoms with Crippen LogP contribution in [-0.2, 0) is 6.42 Å². The van der Waals surface area contributed by atoms with Crippen molar-refractivity contribution in [1.29, 1.82) is 0 Å². The molecule has 1 aromatic heterocycles. The van der Waals surface area contributed by atoms with Crippen molar-refractivity contribution in [2.75, 3.05) is 12.8 Å². The standard InChI is InChI=1S/C15H24N4/c1-3-4-11-9-14(16)18-15(17-11)10-7-12-5-6-13(8-10)19(12)2/h9-10,12-13H,3-8H2,1-2H3,(H2,16,17,18). The van der Waals surface area contributed by atoms with Crippen molar-refractivity contribution >= 4 is 5.82 Å². The fourth-order valence-electron chi connectivity index (χ4n) is 3.73. The molecule has 0 spiro atoms. The van der Waals surface area contributed by atoms with Crippen molar-refractivity contribution in [1.82, 2.24) is 14.9 Å². The maximum absolute atomic E-state index is 5.95. The van der Waals surface area contributed by atoms with Crippen molar-refractivity contribution < 1.29 is 0 Å². The Kier molecular flexibility index (Phi) is 3.44. The molecule has 2 fully saturated rings. The first-order chi connectivity index (χ1) is 9.17. The summed E-state index contributed by atoms with van der Waals surface area (Å²) in [5.74, 6) is 2.14. The highest BCUT2D eigenvalue weighted by Crippen LogP contribution is 2.41. The van der Waals surface area contributed by atoms with E-state index >= 15 is 0 Å². The fourth-order valence-corrected chi connectivity index (χ4v) is 3.73. The van der Waals surface area contributed by atoms with Crippen LogP contribution in [0.1, 0.15) is 56.5 Å². The Labute approximate surface area is 115 Å². The van der Waals surface area contributed by atoms with Gasteiger partial charge in [0.15, 0.2) is 0 Å². The van der Waals surface area contributed by atoms with Crippen LogP contribution in [0.4, 0.5) is 5.82 Å². The molecule has 0 radical (unpaired) electrons. The third-order valence-electron chi connectivity index (χ3n) is 4.79. The van der Waals surface area contributed by atoms with Crippen molar-refractivity contribution in [2.24, 2.45) is 0 Å². The van der Waals surface area contributed by atoms with Gasteiger partial charge >= 0.3 is 0 Å². The monoisotopic (exact) mass is 260 g/mol. The van der Waals surface area contributed by atoms with Crippen LogP contribution >= 0.6 is 0 Å². The summed E-state index contributed by atoms with van der Waals surface area (Å²) in [6.45, 7) is 2.17. The minimum absolute atomic E-state index is 0.507. The van der Waals surface area contributed by atoms with E-state index < -0.39 is 0 Å². The van der Waals surface area contributed by atoms with E-state index in [1.165, 1.54) is 25.7 Å². The summed E-state index contributed by atoms with van der Waals surface area (Å²) >= 11 is 0. The fraction of sp³-hybridized carbons (Fsp3) is 0.733. The van der Waals surface area contributed by atoms with Gasteiger partial charge in [0.25, 0.3) is 0 Å². The second-order valence-electron chi connectivity index (χ2n) is 6.11. The van der Waals surface area contributed by atoms with Gasteiger partial charge in [-0.15, -0.1) is 0 Å². The molecule has 2 aliphatic rings. The van der Waals surface area contributed by atoms with E-state index in [9.17, 15) is 0 Å². The number of aromatic nitrogens is 2. The number of anilines is 1. The molecule has 2 atom stereocenters. The Morgan fingerprint density at radius 1 is 1.26 bits per heavy atom. The second kappa shape index (κ2) is 5.08. The molecule has 0 amide bonds. The minimum atomic E-state index is 0.507. The Morgan fingerprint density at radius 3 is 2.58 bits per heavy atom. The molecule has 1 aromatic rings. The minimum Gasteiger partial charge on any atom is -0.384 e. The summed E-state index contributed by atoms with van der Waals surface area (Å²) in [5, 5.41) is 0. The third kappa shape index (κ3) is 2.46. The van der Waals surface area contributed by atoms with Gasteiger partial charge in [-0.3, -0.25) is 0 Å². The average molecular weight is 260 g/mol. The Morgan fingerprint density at radius 2 is 1.95 bits per heavy atom. The average Bonchev–Trinajstić information content (AvgIpc) is 2.62. The summed E-state index contributed by atoms with van der Waals surface area (Å²) in [6, 6.07) is 3.38. The van der Waals surface area contributed by atoms with Crippen molar-refractivity contribution in [3.63, 3.8) is 0 Å². The van der Waals surface area contributed by atoms with Gasteiger partial charge < -0.3 is 10.6 Å². The molecule has 2 bridgehead atoms. The Hall–Kier alpha value is -1.16. The van der Waals surface area contributed by atoms with E-state index in [1.54, 1.807) is 0 Å². The molecule has 0 saturated carbocycles. The van der Waals surface area contributed by atoms with Crippen LogP contribution in [0.25, 0.3) is 0 Å². The largest absolute Gasteiger partial charge is 0.384 e. The number of piperidine rings is 1. The summed E-state index contributed by atoms with van der Waals surface area (Å²) < 4.78 is 0. The molecule has 4 heteroatoms. The summed E-state index contributed by atoms with van der Waals surface area (Å²) in [4.78, 5) is 11.8. The number of nitrogen functional groups attached to an aromatic ring is 1. The van der Waals surface area contributed by atoms with Gasteiger partial charge in [-0.2, -0.15) is 0 Å². The van der Waals surface area contributed by atoms with Crippen LogP contribution in [0.3, 0.4) is 0 Å². The zero-order valence-corrected chi connectivity index (χ0v) is 12.0. The molecule has 3 heterocycles. The number of nitrogens with zero attached hydrogens (tertiary/aromatic N) is 3. The van der Waals surface area contributed by atoms with Gasteiger partial charge in [0.1, 0.15) is 11.6 Å². The molecule has 2 aliphatic heterocycles. The maximum Gasteiger partial charge on any atom is 0.134 e. The van der Waals surface area contributed by atoms with Crippen molar-refractivity contribution in [2.45, 2.75) is 63.5 Å². The predicted octanol–water partition coefficient (Wildman–Crippen LogP) is 2.35. The van der Waals surface area contributed by atoms with E-state index in [4.69, 9.17) is 10.7 Å². The third-order valence-corrected chi connectivity index (χ3v) is 4.79. The first-order valence-electron chi connectivity index (χ1n) is 7.52. The molecule has 104 valence electrons. The molecule has 19 heavy (non-hydrogen) atoms. The first-order valence-corrected chi connectivity index (χ1v) is 7.52. The van der Waals surface area contributed by atoms with Crippen LogP contribution in [0, 0.1) is 0 Å². The zero-order chi connectivity index (χ0) is 13.4. The molecule has 0 aliphatic carbocycles. The van der Waals surface area contributed by atoms with Crippen LogP contribution < -0.4 is 5.73 Å². The van der Waals surface area contributed by atoms with Gasteiger partial charge in [-0.05, 0) is 39.2 Å². The predicted molar refractivity (Wildman–Crippen MR) is 77.0 cm³/mol. The van der Waals surface area contributed by atoms with Gasteiger partial charge in [0.2, 0.25) is 0 Å². The lowest BCUT2D eigenvalue weighted by Crippen LogP contribution is -2.39. The van der Waals surface area contributed by atoms with E-state index in [1.807, 2.05) is 6.07 Å². The molecule has 2 N–H and O–H groups in total. The normalized spacial score (nSPS) is 30.7. The summed E-state index contributed by atoms with van der Waals surface area (Å²) in [5.41, 5.74) is 7.05. The van der Waals surface area contributed by atoms with Crippen molar-refractivity contribution in [3.05, 3.63) is 17.6 Å². The highest BCUT2D eigenvalue weighted by molar-refractivity contribution is 5.31. The van der Waals surface area contributed by atoms with Crippen LogP contribution in [0.2, 0.25) is 0 Å².